The van der Waals surface area contributed by atoms with Crippen molar-refractivity contribution in [3.63, 3.8) is 0 Å². The molecule has 2 aliphatic heterocycles. The average Bonchev–Trinajstić information content (AvgIpc) is 2.83. The predicted molar refractivity (Wildman–Crippen MR) is 142 cm³/mol. The molecule has 6 nitrogen and oxygen atoms in total. The molecule has 2 saturated heterocycles. The molecule has 0 aliphatic carbocycles. The van der Waals surface area contributed by atoms with E-state index in [4.69, 9.17) is 9.73 Å². The number of halogens is 1. The number of guanidine groups is 1. The fourth-order valence-corrected chi connectivity index (χ4v) is 4.73. The quantitative estimate of drug-likeness (QED) is 0.346. The smallest absolute Gasteiger partial charge is 0.194 e. The summed E-state index contributed by atoms with van der Waals surface area (Å²) in [5, 5.41) is 3.52. The zero-order valence-corrected chi connectivity index (χ0v) is 21.6. The molecule has 32 heavy (non-hydrogen) atoms. The number of anilines is 1. The van der Waals surface area contributed by atoms with Crippen molar-refractivity contribution in [1.82, 2.24) is 15.2 Å². The van der Waals surface area contributed by atoms with Gasteiger partial charge in [0.25, 0.3) is 0 Å². The first-order chi connectivity index (χ1) is 15.3. The van der Waals surface area contributed by atoms with E-state index in [0.29, 0.717) is 18.4 Å². The number of piperidine rings is 1. The molecule has 3 heterocycles. The van der Waals surface area contributed by atoms with Gasteiger partial charge in [-0.15, -0.1) is 24.0 Å². The first-order valence-electron chi connectivity index (χ1n) is 11.6. The summed E-state index contributed by atoms with van der Waals surface area (Å²) in [5.41, 5.74) is 2.63. The normalized spacial score (nSPS) is 21.8. The standard InChI is InChI=1S/C25H35N5O.HI/c1-3-26-25(30-13-11-23(20(2)19-30)21-8-5-4-6-9-21)28-18-22-10-7-12-27-24(22)29-14-16-31-17-15-29;/h4-10,12,20,23H,3,11,13-19H2,1-2H3,(H,26,28);1H. The van der Waals surface area contributed by atoms with E-state index in [1.807, 2.05) is 12.3 Å². The second-order valence-electron chi connectivity index (χ2n) is 8.48. The fraction of sp³-hybridized carbons (Fsp3) is 0.520. The van der Waals surface area contributed by atoms with Gasteiger partial charge >= 0.3 is 0 Å². The molecule has 0 bridgehead atoms. The molecule has 2 aliphatic rings. The van der Waals surface area contributed by atoms with Gasteiger partial charge in [-0.25, -0.2) is 9.98 Å². The van der Waals surface area contributed by atoms with Crippen molar-refractivity contribution in [1.29, 1.82) is 0 Å². The Labute approximate surface area is 209 Å². The SMILES string of the molecule is CCNC(=NCc1cccnc1N1CCOCC1)N1CCC(c2ccccc2)C(C)C1.I. The van der Waals surface area contributed by atoms with Crippen molar-refractivity contribution in [2.75, 3.05) is 50.8 Å². The minimum atomic E-state index is 0. The summed E-state index contributed by atoms with van der Waals surface area (Å²) in [5.74, 6) is 3.26. The van der Waals surface area contributed by atoms with E-state index in [-0.39, 0.29) is 24.0 Å². The highest BCUT2D eigenvalue weighted by atomic mass is 127. The summed E-state index contributed by atoms with van der Waals surface area (Å²) in [4.78, 5) is 14.4. The van der Waals surface area contributed by atoms with Crippen LogP contribution in [0.25, 0.3) is 0 Å². The van der Waals surface area contributed by atoms with E-state index < -0.39 is 0 Å². The Morgan fingerprint density at radius 1 is 1.12 bits per heavy atom. The van der Waals surface area contributed by atoms with Crippen molar-refractivity contribution >= 4 is 35.8 Å². The number of rotatable bonds is 5. The molecule has 174 valence electrons. The van der Waals surface area contributed by atoms with Gasteiger partial charge in [0, 0.05) is 44.5 Å². The number of aliphatic imine (C=N–C) groups is 1. The fourth-order valence-electron chi connectivity index (χ4n) is 4.73. The van der Waals surface area contributed by atoms with E-state index >= 15 is 0 Å². The Kier molecular flexibility index (Phi) is 9.59. The molecule has 0 saturated carbocycles. The van der Waals surface area contributed by atoms with E-state index in [9.17, 15) is 0 Å². The highest BCUT2D eigenvalue weighted by molar-refractivity contribution is 14.0. The van der Waals surface area contributed by atoms with Crippen LogP contribution in [0, 0.1) is 5.92 Å². The van der Waals surface area contributed by atoms with Gasteiger partial charge in [0.05, 0.1) is 19.8 Å². The Morgan fingerprint density at radius 3 is 2.62 bits per heavy atom. The molecule has 0 amide bonds. The molecule has 7 heteroatoms. The lowest BCUT2D eigenvalue weighted by molar-refractivity contribution is 0.122. The Hall–Kier alpha value is -1.87. The highest BCUT2D eigenvalue weighted by Gasteiger charge is 2.28. The molecule has 2 fully saturated rings. The van der Waals surface area contributed by atoms with Gasteiger partial charge in [-0.05, 0) is 36.8 Å². The van der Waals surface area contributed by atoms with Crippen molar-refractivity contribution < 1.29 is 4.74 Å². The van der Waals surface area contributed by atoms with Crippen LogP contribution in [-0.4, -0.2) is 61.8 Å². The Bertz CT molecular complexity index is 856. The highest BCUT2D eigenvalue weighted by Crippen LogP contribution is 2.32. The zero-order valence-electron chi connectivity index (χ0n) is 19.2. The number of morpholine rings is 1. The summed E-state index contributed by atoms with van der Waals surface area (Å²) in [6.45, 7) is 11.4. The van der Waals surface area contributed by atoms with Crippen LogP contribution in [0.5, 0.6) is 0 Å². The number of likely N-dealkylation sites (tertiary alicyclic amines) is 1. The molecule has 2 unspecified atom stereocenters. The van der Waals surface area contributed by atoms with Crippen molar-refractivity contribution in [2.24, 2.45) is 10.9 Å². The molecule has 2 atom stereocenters. The third-order valence-electron chi connectivity index (χ3n) is 6.34. The number of nitrogens with zero attached hydrogens (tertiary/aromatic N) is 4. The van der Waals surface area contributed by atoms with Crippen LogP contribution < -0.4 is 10.2 Å². The zero-order chi connectivity index (χ0) is 21.5. The molecule has 0 radical (unpaired) electrons. The number of nitrogens with one attached hydrogen (secondary N) is 1. The van der Waals surface area contributed by atoms with Crippen molar-refractivity contribution in [3.05, 3.63) is 59.8 Å². The number of pyridine rings is 1. The summed E-state index contributed by atoms with van der Waals surface area (Å²) in [7, 11) is 0. The average molecular weight is 550 g/mol. The molecular weight excluding hydrogens is 513 g/mol. The maximum absolute atomic E-state index is 5.51. The van der Waals surface area contributed by atoms with Crippen LogP contribution in [-0.2, 0) is 11.3 Å². The summed E-state index contributed by atoms with van der Waals surface area (Å²) >= 11 is 0. The topological polar surface area (TPSA) is 53.0 Å². The number of hydrogen-bond donors (Lipinski definition) is 1. The van der Waals surface area contributed by atoms with E-state index in [1.54, 1.807) is 0 Å². The monoisotopic (exact) mass is 549 g/mol. The lowest BCUT2D eigenvalue weighted by Crippen LogP contribution is -2.48. The van der Waals surface area contributed by atoms with Gasteiger partial charge < -0.3 is 19.9 Å². The van der Waals surface area contributed by atoms with Crippen LogP contribution in [0.4, 0.5) is 5.82 Å². The summed E-state index contributed by atoms with van der Waals surface area (Å²) in [6, 6.07) is 15.1. The number of hydrogen-bond acceptors (Lipinski definition) is 4. The van der Waals surface area contributed by atoms with Gasteiger partial charge in [0.1, 0.15) is 5.82 Å². The Balaban J connectivity index is 0.00000289. The van der Waals surface area contributed by atoms with Crippen molar-refractivity contribution in [2.45, 2.75) is 32.7 Å². The molecular formula is C25H36IN5O. The maximum Gasteiger partial charge on any atom is 0.194 e. The first-order valence-corrected chi connectivity index (χ1v) is 11.6. The van der Waals surface area contributed by atoms with E-state index in [1.165, 1.54) is 11.1 Å². The second kappa shape index (κ2) is 12.4. The first kappa shape index (κ1) is 24.8. The molecule has 1 aromatic carbocycles. The van der Waals surface area contributed by atoms with E-state index in [2.05, 4.69) is 70.3 Å². The molecule has 4 rings (SSSR count). The van der Waals surface area contributed by atoms with Crippen LogP contribution in [0.1, 0.15) is 37.3 Å². The van der Waals surface area contributed by atoms with Crippen LogP contribution in [0.15, 0.2) is 53.7 Å². The van der Waals surface area contributed by atoms with Gasteiger partial charge in [-0.1, -0.05) is 43.3 Å². The summed E-state index contributed by atoms with van der Waals surface area (Å²) < 4.78 is 5.51. The van der Waals surface area contributed by atoms with Crippen molar-refractivity contribution in [3.8, 4) is 0 Å². The predicted octanol–water partition coefficient (Wildman–Crippen LogP) is 4.13. The van der Waals surface area contributed by atoms with Crippen LogP contribution in [0.2, 0.25) is 0 Å². The number of benzene rings is 1. The lowest BCUT2D eigenvalue weighted by atomic mass is 9.82. The minimum absolute atomic E-state index is 0. The molecule has 1 aromatic heterocycles. The van der Waals surface area contributed by atoms with Gasteiger partial charge in [-0.3, -0.25) is 0 Å². The van der Waals surface area contributed by atoms with Gasteiger partial charge in [0.15, 0.2) is 5.96 Å². The molecule has 2 aromatic rings. The van der Waals surface area contributed by atoms with Crippen LogP contribution >= 0.6 is 24.0 Å². The summed E-state index contributed by atoms with van der Waals surface area (Å²) in [6.07, 6.45) is 3.03. The molecule has 1 N–H and O–H groups in total. The second-order valence-corrected chi connectivity index (χ2v) is 8.48. The van der Waals surface area contributed by atoms with E-state index in [0.717, 1.165) is 64.1 Å². The number of ether oxygens (including phenoxy) is 1. The maximum atomic E-state index is 5.51. The number of aromatic nitrogens is 1. The molecule has 0 spiro atoms. The van der Waals surface area contributed by atoms with Crippen LogP contribution in [0.3, 0.4) is 0 Å². The Morgan fingerprint density at radius 2 is 1.91 bits per heavy atom. The largest absolute Gasteiger partial charge is 0.378 e. The third kappa shape index (κ3) is 6.13. The van der Waals surface area contributed by atoms with Gasteiger partial charge in [-0.2, -0.15) is 0 Å². The van der Waals surface area contributed by atoms with Gasteiger partial charge in [0.2, 0.25) is 0 Å². The lowest BCUT2D eigenvalue weighted by Gasteiger charge is -2.39. The minimum Gasteiger partial charge on any atom is -0.378 e. The third-order valence-corrected chi connectivity index (χ3v) is 6.34.